The van der Waals surface area contributed by atoms with Crippen LogP contribution in [0.5, 0.6) is 0 Å². The highest BCUT2D eigenvalue weighted by atomic mass is 35.5. The maximum absolute atomic E-state index is 9.77. The van der Waals surface area contributed by atoms with Crippen LogP contribution in [0.25, 0.3) is 0 Å². The number of hydrogen-bond acceptors (Lipinski definition) is 3. The Morgan fingerprint density at radius 3 is 2.63 bits per heavy atom. The average molecular weight is 320 g/mol. The standard InChI is InChI=1S/C14H19Cl2NOS/c1-2-17-14(8-18,10-3-4-10)9-19-11-5-6-12(15)13(16)7-11/h5-7,10,17-18H,2-4,8-9H2,1H3. The van der Waals surface area contributed by atoms with Gasteiger partial charge >= 0.3 is 0 Å². The highest BCUT2D eigenvalue weighted by Crippen LogP contribution is 2.42. The molecule has 1 aliphatic carbocycles. The van der Waals surface area contributed by atoms with Crippen molar-refractivity contribution in [1.29, 1.82) is 0 Å². The first kappa shape index (κ1) is 15.5. The number of halogens is 2. The minimum absolute atomic E-state index is 0.161. The SMILES string of the molecule is CCNC(CO)(CSc1ccc(Cl)c(Cl)c1)C1CC1. The molecule has 1 aromatic carbocycles. The summed E-state index contributed by atoms with van der Waals surface area (Å²) in [6.45, 7) is 3.13. The van der Waals surface area contributed by atoms with Crippen molar-refractivity contribution >= 4 is 35.0 Å². The summed E-state index contributed by atoms with van der Waals surface area (Å²) in [6.07, 6.45) is 2.41. The first-order chi connectivity index (χ1) is 9.11. The second-order valence-electron chi connectivity index (χ2n) is 4.98. The molecular weight excluding hydrogens is 301 g/mol. The zero-order valence-corrected chi connectivity index (χ0v) is 13.3. The van der Waals surface area contributed by atoms with Gasteiger partial charge in [-0.1, -0.05) is 30.1 Å². The Bertz CT molecular complexity index is 439. The Balaban J connectivity index is 2.03. The first-order valence-corrected chi connectivity index (χ1v) is 8.29. The largest absolute Gasteiger partial charge is 0.394 e. The van der Waals surface area contributed by atoms with Crippen molar-refractivity contribution in [3.8, 4) is 0 Å². The summed E-state index contributed by atoms with van der Waals surface area (Å²) in [5, 5.41) is 14.4. The van der Waals surface area contributed by atoms with Gasteiger partial charge in [0.25, 0.3) is 0 Å². The van der Waals surface area contributed by atoms with Crippen molar-refractivity contribution in [3.63, 3.8) is 0 Å². The van der Waals surface area contributed by atoms with Gasteiger partial charge in [0, 0.05) is 10.6 Å². The van der Waals surface area contributed by atoms with Crippen LogP contribution in [0.2, 0.25) is 10.0 Å². The molecule has 2 rings (SSSR count). The van der Waals surface area contributed by atoms with Crippen molar-refractivity contribution in [2.75, 3.05) is 18.9 Å². The molecule has 0 spiro atoms. The van der Waals surface area contributed by atoms with Gasteiger partial charge in [-0.3, -0.25) is 0 Å². The van der Waals surface area contributed by atoms with Gasteiger partial charge in [-0.15, -0.1) is 11.8 Å². The van der Waals surface area contributed by atoms with Crippen LogP contribution in [0.3, 0.4) is 0 Å². The summed E-state index contributed by atoms with van der Waals surface area (Å²) in [5.74, 6) is 1.44. The lowest BCUT2D eigenvalue weighted by Gasteiger charge is -2.33. The molecule has 0 aromatic heterocycles. The Labute approximate surface area is 128 Å². The summed E-state index contributed by atoms with van der Waals surface area (Å²) in [6, 6.07) is 5.67. The molecule has 0 saturated heterocycles. The predicted molar refractivity (Wildman–Crippen MR) is 83.4 cm³/mol. The zero-order chi connectivity index (χ0) is 13.9. The van der Waals surface area contributed by atoms with E-state index in [1.807, 2.05) is 18.2 Å². The van der Waals surface area contributed by atoms with Gasteiger partial charge < -0.3 is 10.4 Å². The fraction of sp³-hybridized carbons (Fsp3) is 0.571. The van der Waals surface area contributed by atoms with E-state index in [0.29, 0.717) is 16.0 Å². The highest BCUT2D eigenvalue weighted by molar-refractivity contribution is 7.99. The molecule has 0 heterocycles. The van der Waals surface area contributed by atoms with Crippen molar-refractivity contribution in [2.24, 2.45) is 5.92 Å². The van der Waals surface area contributed by atoms with Gasteiger partial charge in [0.15, 0.2) is 0 Å². The first-order valence-electron chi connectivity index (χ1n) is 6.55. The monoisotopic (exact) mass is 319 g/mol. The van der Waals surface area contributed by atoms with Crippen LogP contribution >= 0.6 is 35.0 Å². The van der Waals surface area contributed by atoms with Gasteiger partial charge in [0.05, 0.1) is 22.2 Å². The molecule has 0 radical (unpaired) electrons. The van der Waals surface area contributed by atoms with E-state index in [9.17, 15) is 5.11 Å². The smallest absolute Gasteiger partial charge is 0.0624 e. The molecule has 1 saturated carbocycles. The molecule has 19 heavy (non-hydrogen) atoms. The molecule has 1 aromatic rings. The molecular formula is C14H19Cl2NOS. The maximum atomic E-state index is 9.77. The quantitative estimate of drug-likeness (QED) is 0.749. The lowest BCUT2D eigenvalue weighted by molar-refractivity contribution is 0.161. The third-order valence-electron chi connectivity index (χ3n) is 3.56. The molecule has 5 heteroatoms. The highest BCUT2D eigenvalue weighted by Gasteiger charge is 2.44. The Hall–Kier alpha value is 0.0700. The van der Waals surface area contributed by atoms with Gasteiger partial charge in [-0.25, -0.2) is 0 Å². The molecule has 1 unspecified atom stereocenters. The average Bonchev–Trinajstić information content (AvgIpc) is 3.23. The number of likely N-dealkylation sites (N-methyl/N-ethyl adjacent to an activating group) is 1. The predicted octanol–water partition coefficient (Wildman–Crippen LogP) is 3.84. The van der Waals surface area contributed by atoms with Crippen LogP contribution in [-0.2, 0) is 0 Å². The fourth-order valence-corrected chi connectivity index (χ4v) is 3.89. The zero-order valence-electron chi connectivity index (χ0n) is 11.0. The summed E-state index contributed by atoms with van der Waals surface area (Å²) in [7, 11) is 0. The van der Waals surface area contributed by atoms with Crippen LogP contribution in [-0.4, -0.2) is 29.5 Å². The summed E-state index contributed by atoms with van der Waals surface area (Å²) < 4.78 is 0. The van der Waals surface area contributed by atoms with Crippen molar-refractivity contribution in [3.05, 3.63) is 28.2 Å². The lowest BCUT2D eigenvalue weighted by atomic mass is 9.97. The number of aliphatic hydroxyl groups excluding tert-OH is 1. The molecule has 0 bridgehead atoms. The Morgan fingerprint density at radius 2 is 2.11 bits per heavy atom. The Kier molecular flexibility index (Phi) is 5.44. The maximum Gasteiger partial charge on any atom is 0.0624 e. The van der Waals surface area contributed by atoms with Crippen LogP contribution in [0.15, 0.2) is 23.1 Å². The van der Waals surface area contributed by atoms with Crippen LogP contribution in [0, 0.1) is 5.92 Å². The number of nitrogens with one attached hydrogen (secondary N) is 1. The van der Waals surface area contributed by atoms with Crippen LogP contribution in [0.4, 0.5) is 0 Å². The Morgan fingerprint density at radius 1 is 1.37 bits per heavy atom. The minimum atomic E-state index is -0.161. The second kappa shape index (κ2) is 6.68. The van der Waals surface area contributed by atoms with E-state index in [-0.39, 0.29) is 12.1 Å². The molecule has 1 aliphatic rings. The van der Waals surface area contributed by atoms with E-state index in [2.05, 4.69) is 12.2 Å². The van der Waals surface area contributed by atoms with Crippen molar-refractivity contribution < 1.29 is 5.11 Å². The topological polar surface area (TPSA) is 32.3 Å². The van der Waals surface area contributed by atoms with E-state index < -0.39 is 0 Å². The van der Waals surface area contributed by atoms with Gasteiger partial charge in [0.2, 0.25) is 0 Å². The van der Waals surface area contributed by atoms with Crippen LogP contribution in [0.1, 0.15) is 19.8 Å². The number of aliphatic hydroxyl groups is 1. The number of benzene rings is 1. The lowest BCUT2D eigenvalue weighted by Crippen LogP contribution is -2.52. The van der Waals surface area contributed by atoms with Crippen molar-refractivity contribution in [1.82, 2.24) is 5.32 Å². The molecule has 2 nitrogen and oxygen atoms in total. The van der Waals surface area contributed by atoms with E-state index in [4.69, 9.17) is 23.2 Å². The fourth-order valence-electron chi connectivity index (χ4n) is 2.31. The van der Waals surface area contributed by atoms with Gasteiger partial charge in [-0.05, 0) is 43.5 Å². The van der Waals surface area contributed by atoms with Crippen LogP contribution < -0.4 is 5.32 Å². The number of thioether (sulfide) groups is 1. The third-order valence-corrected chi connectivity index (χ3v) is 5.54. The molecule has 106 valence electrons. The van der Waals surface area contributed by atoms with E-state index in [1.54, 1.807) is 11.8 Å². The molecule has 1 atom stereocenters. The van der Waals surface area contributed by atoms with Gasteiger partial charge in [0.1, 0.15) is 0 Å². The molecule has 2 N–H and O–H groups in total. The summed E-state index contributed by atoms with van der Waals surface area (Å²) in [4.78, 5) is 1.09. The normalized spacial score (nSPS) is 18.3. The molecule has 0 aliphatic heterocycles. The summed E-state index contributed by atoms with van der Waals surface area (Å²) >= 11 is 13.7. The number of hydrogen-bond donors (Lipinski definition) is 2. The van der Waals surface area contributed by atoms with E-state index >= 15 is 0 Å². The minimum Gasteiger partial charge on any atom is -0.394 e. The number of rotatable bonds is 7. The summed E-state index contributed by atoms with van der Waals surface area (Å²) in [5.41, 5.74) is -0.161. The van der Waals surface area contributed by atoms with E-state index in [0.717, 1.165) is 17.2 Å². The molecule has 1 fully saturated rings. The van der Waals surface area contributed by atoms with Crippen molar-refractivity contribution in [2.45, 2.75) is 30.2 Å². The second-order valence-corrected chi connectivity index (χ2v) is 6.85. The van der Waals surface area contributed by atoms with Gasteiger partial charge in [-0.2, -0.15) is 0 Å². The third kappa shape index (κ3) is 3.79. The van der Waals surface area contributed by atoms with E-state index in [1.165, 1.54) is 12.8 Å². The molecule has 0 amide bonds.